The molecule has 33 heavy (non-hydrogen) atoms. The number of hydrogen-bond acceptors (Lipinski definition) is 6. The number of thiocarbonyl (C=S) groups is 1. The number of thioether (sulfide) groups is 1. The monoisotopic (exact) mass is 482 g/mol. The van der Waals surface area contributed by atoms with E-state index in [4.69, 9.17) is 21.7 Å². The van der Waals surface area contributed by atoms with Gasteiger partial charge in [0.1, 0.15) is 4.32 Å². The summed E-state index contributed by atoms with van der Waals surface area (Å²) in [5.74, 6) is 1.33. The number of amides is 2. The predicted molar refractivity (Wildman–Crippen MR) is 135 cm³/mol. The largest absolute Gasteiger partial charge is 0.454 e. The molecule has 2 aliphatic rings. The summed E-state index contributed by atoms with van der Waals surface area (Å²) in [5.41, 5.74) is 3.99. The lowest BCUT2D eigenvalue weighted by atomic mass is 10.1. The van der Waals surface area contributed by atoms with Gasteiger partial charge in [-0.15, -0.1) is 0 Å². The second-order valence-electron chi connectivity index (χ2n) is 8.05. The van der Waals surface area contributed by atoms with Crippen LogP contribution >= 0.6 is 24.0 Å². The molecule has 4 rings (SSSR count). The number of hydrogen-bond donors (Lipinski definition) is 1. The first-order chi connectivity index (χ1) is 15.9. The number of carbonyl (C=O) groups excluding carboxylic acids is 2. The Balaban J connectivity index is 1.23. The molecular weight excluding hydrogens is 456 g/mol. The number of carbonyl (C=O) groups is 2. The van der Waals surface area contributed by atoms with E-state index in [-0.39, 0.29) is 18.6 Å². The summed E-state index contributed by atoms with van der Waals surface area (Å²) < 4.78 is 11.3. The molecule has 0 atom stereocenters. The van der Waals surface area contributed by atoms with Crippen LogP contribution in [0, 0.1) is 13.8 Å². The van der Waals surface area contributed by atoms with Crippen molar-refractivity contribution in [3.05, 3.63) is 58.0 Å². The van der Waals surface area contributed by atoms with Crippen LogP contribution < -0.4 is 14.8 Å². The zero-order valence-corrected chi connectivity index (χ0v) is 20.3. The number of anilines is 1. The first kappa shape index (κ1) is 23.3. The van der Waals surface area contributed by atoms with Crippen LogP contribution in [0.5, 0.6) is 11.5 Å². The van der Waals surface area contributed by atoms with Gasteiger partial charge in [0.15, 0.2) is 11.5 Å². The number of aryl methyl sites for hydroxylation is 1. The summed E-state index contributed by atoms with van der Waals surface area (Å²) in [6, 6.07) is 11.5. The fraction of sp³-hybridized carbons (Fsp3) is 0.320. The Morgan fingerprint density at radius 1 is 1.15 bits per heavy atom. The van der Waals surface area contributed by atoms with Crippen molar-refractivity contribution in [2.45, 2.75) is 39.5 Å². The van der Waals surface area contributed by atoms with Gasteiger partial charge in [-0.3, -0.25) is 14.5 Å². The number of rotatable bonds is 8. The van der Waals surface area contributed by atoms with Gasteiger partial charge in [0, 0.05) is 18.7 Å². The quantitative estimate of drug-likeness (QED) is 0.307. The number of fused-ring (bicyclic) bond motifs is 1. The summed E-state index contributed by atoms with van der Waals surface area (Å²) in [6.45, 7) is 4.81. The minimum atomic E-state index is -0.0738. The zero-order chi connectivity index (χ0) is 23.4. The topological polar surface area (TPSA) is 67.9 Å². The predicted octanol–water partition coefficient (Wildman–Crippen LogP) is 5.43. The van der Waals surface area contributed by atoms with E-state index in [0.29, 0.717) is 33.7 Å². The molecule has 2 heterocycles. The van der Waals surface area contributed by atoms with E-state index in [9.17, 15) is 9.59 Å². The third kappa shape index (κ3) is 5.57. The van der Waals surface area contributed by atoms with E-state index in [0.717, 1.165) is 41.6 Å². The maximum absolute atomic E-state index is 12.8. The molecule has 0 radical (unpaired) electrons. The maximum Gasteiger partial charge on any atom is 0.266 e. The molecule has 2 amide bonds. The molecule has 2 aromatic rings. The smallest absolute Gasteiger partial charge is 0.266 e. The van der Waals surface area contributed by atoms with Gasteiger partial charge in [0.25, 0.3) is 5.91 Å². The highest BCUT2D eigenvalue weighted by molar-refractivity contribution is 8.26. The highest BCUT2D eigenvalue weighted by Gasteiger charge is 2.31. The molecule has 2 aromatic carbocycles. The van der Waals surface area contributed by atoms with Crippen molar-refractivity contribution >= 4 is 51.9 Å². The molecule has 172 valence electrons. The van der Waals surface area contributed by atoms with E-state index in [1.165, 1.54) is 11.8 Å². The summed E-state index contributed by atoms with van der Waals surface area (Å²) in [5, 5.41) is 2.99. The zero-order valence-electron chi connectivity index (χ0n) is 18.7. The normalized spacial score (nSPS) is 16.1. The molecule has 2 aliphatic heterocycles. The molecule has 0 spiro atoms. The highest BCUT2D eigenvalue weighted by Crippen LogP contribution is 2.36. The van der Waals surface area contributed by atoms with Crippen molar-refractivity contribution in [1.82, 2.24) is 4.90 Å². The van der Waals surface area contributed by atoms with Crippen molar-refractivity contribution < 1.29 is 19.1 Å². The fourth-order valence-corrected chi connectivity index (χ4v) is 4.99. The Labute approximate surface area is 203 Å². The van der Waals surface area contributed by atoms with Crippen LogP contribution in [-0.2, 0) is 9.59 Å². The molecule has 0 unspecified atom stereocenters. The molecule has 0 aliphatic carbocycles. The van der Waals surface area contributed by atoms with Crippen molar-refractivity contribution in [3.8, 4) is 11.5 Å². The Morgan fingerprint density at radius 2 is 1.97 bits per heavy atom. The van der Waals surface area contributed by atoms with Crippen molar-refractivity contribution in [2.24, 2.45) is 0 Å². The van der Waals surface area contributed by atoms with Gasteiger partial charge >= 0.3 is 0 Å². The second kappa shape index (κ2) is 10.4. The molecule has 1 fully saturated rings. The van der Waals surface area contributed by atoms with Crippen LogP contribution in [0.2, 0.25) is 0 Å². The molecule has 1 N–H and O–H groups in total. The van der Waals surface area contributed by atoms with Gasteiger partial charge in [0.05, 0.1) is 4.91 Å². The fourth-order valence-electron chi connectivity index (χ4n) is 3.68. The molecule has 8 heteroatoms. The first-order valence-corrected chi connectivity index (χ1v) is 12.2. The van der Waals surface area contributed by atoms with Crippen molar-refractivity contribution in [1.29, 1.82) is 0 Å². The molecule has 6 nitrogen and oxygen atoms in total. The molecule has 1 saturated heterocycles. The van der Waals surface area contributed by atoms with Gasteiger partial charge in [-0.05, 0) is 67.7 Å². The molecular formula is C25H26N2O4S2. The average molecular weight is 483 g/mol. The number of unbranched alkanes of at least 4 members (excludes halogenated alkanes) is 2. The van der Waals surface area contributed by atoms with Crippen LogP contribution in [0.15, 0.2) is 41.3 Å². The molecule has 0 aromatic heterocycles. The minimum absolute atomic E-state index is 0.0148. The minimum Gasteiger partial charge on any atom is -0.454 e. The van der Waals surface area contributed by atoms with E-state index in [2.05, 4.69) is 5.32 Å². The second-order valence-corrected chi connectivity index (χ2v) is 9.73. The number of benzene rings is 2. The summed E-state index contributed by atoms with van der Waals surface area (Å²) in [4.78, 5) is 27.3. The number of nitrogens with zero attached hydrogens (tertiary/aromatic N) is 1. The van der Waals surface area contributed by atoms with Crippen LogP contribution in [0.4, 0.5) is 5.69 Å². The van der Waals surface area contributed by atoms with E-state index >= 15 is 0 Å². The number of nitrogens with one attached hydrogen (secondary N) is 1. The number of ether oxygens (including phenoxy) is 2. The summed E-state index contributed by atoms with van der Waals surface area (Å²) in [6.07, 6.45) is 4.69. The average Bonchev–Trinajstić information content (AvgIpc) is 3.36. The highest BCUT2D eigenvalue weighted by atomic mass is 32.2. The van der Waals surface area contributed by atoms with Gasteiger partial charge < -0.3 is 14.8 Å². The van der Waals surface area contributed by atoms with Crippen LogP contribution in [0.1, 0.15) is 42.4 Å². The van der Waals surface area contributed by atoms with Crippen molar-refractivity contribution in [3.63, 3.8) is 0 Å². The van der Waals surface area contributed by atoms with Gasteiger partial charge in [0.2, 0.25) is 12.7 Å². The van der Waals surface area contributed by atoms with Crippen LogP contribution in [0.25, 0.3) is 6.08 Å². The SMILES string of the molecule is Cc1cccc(NC(=O)CCCCCN2C(=O)/C(=C/c3ccc4c(c3)OCO4)SC2=S)c1C. The van der Waals surface area contributed by atoms with Crippen molar-refractivity contribution in [2.75, 3.05) is 18.7 Å². The summed E-state index contributed by atoms with van der Waals surface area (Å²) in [7, 11) is 0. The molecule has 0 bridgehead atoms. The van der Waals surface area contributed by atoms with Gasteiger partial charge in [-0.2, -0.15) is 0 Å². The Kier molecular flexibility index (Phi) is 7.35. The Hall–Kier alpha value is -2.84. The van der Waals surface area contributed by atoms with E-state index in [1.807, 2.05) is 56.3 Å². The van der Waals surface area contributed by atoms with Gasteiger partial charge in [-0.25, -0.2) is 0 Å². The third-order valence-electron chi connectivity index (χ3n) is 5.73. The lowest BCUT2D eigenvalue weighted by Gasteiger charge is -2.14. The van der Waals surface area contributed by atoms with Crippen LogP contribution in [0.3, 0.4) is 0 Å². The lowest BCUT2D eigenvalue weighted by Crippen LogP contribution is -2.29. The molecule has 0 saturated carbocycles. The Morgan fingerprint density at radius 3 is 2.82 bits per heavy atom. The van der Waals surface area contributed by atoms with Gasteiger partial charge in [-0.1, -0.05) is 48.6 Å². The first-order valence-electron chi connectivity index (χ1n) is 10.9. The van der Waals surface area contributed by atoms with Crippen LogP contribution in [-0.4, -0.2) is 34.4 Å². The maximum atomic E-state index is 12.8. The van der Waals surface area contributed by atoms with E-state index in [1.54, 1.807) is 4.90 Å². The lowest BCUT2D eigenvalue weighted by molar-refractivity contribution is -0.122. The Bertz CT molecular complexity index is 1130. The van der Waals surface area contributed by atoms with E-state index < -0.39 is 0 Å². The third-order valence-corrected chi connectivity index (χ3v) is 7.11. The summed E-state index contributed by atoms with van der Waals surface area (Å²) >= 11 is 6.74. The standard InChI is InChI=1S/C25H26N2O4S2/c1-16-7-6-8-19(17(16)2)26-23(28)9-4-3-5-12-27-24(29)22(33-25(27)32)14-18-10-11-20-21(13-18)31-15-30-20/h6-8,10-11,13-14H,3-5,9,12,15H2,1-2H3,(H,26,28)/b22-14-.